The normalized spacial score (nSPS) is 10.6. The summed E-state index contributed by atoms with van der Waals surface area (Å²) in [5.41, 5.74) is 4.91. The third-order valence-electron chi connectivity index (χ3n) is 2.99. The fraction of sp³-hybridized carbons (Fsp3) is 0.0714. The molecule has 6 nitrogen and oxygen atoms in total. The average Bonchev–Trinajstić information content (AvgIpc) is 2.94. The van der Waals surface area contributed by atoms with E-state index >= 15 is 0 Å². The van der Waals surface area contributed by atoms with Crippen LogP contribution in [0, 0.1) is 0 Å². The summed E-state index contributed by atoms with van der Waals surface area (Å²) in [6.45, 7) is 0. The van der Waals surface area contributed by atoms with Gasteiger partial charge in [-0.15, -0.1) is 0 Å². The zero-order chi connectivity index (χ0) is 14.8. The van der Waals surface area contributed by atoms with Crippen LogP contribution in [0.4, 0.5) is 5.82 Å². The Bertz CT molecular complexity index is 783. The lowest BCUT2D eigenvalue weighted by molar-refractivity contribution is 0.768. The van der Waals surface area contributed by atoms with Crippen LogP contribution < -0.4 is 11.3 Å². The molecular weight excluding hydrogens is 288 g/mol. The van der Waals surface area contributed by atoms with Gasteiger partial charge in [0.1, 0.15) is 5.82 Å². The fourth-order valence-corrected chi connectivity index (χ4v) is 2.21. The molecule has 0 atom stereocenters. The van der Waals surface area contributed by atoms with Gasteiger partial charge in [0.25, 0.3) is 0 Å². The molecule has 0 bridgehead atoms. The first kappa shape index (κ1) is 13.5. The van der Waals surface area contributed by atoms with Gasteiger partial charge >= 0.3 is 0 Å². The number of rotatable bonds is 3. The number of benzene rings is 1. The summed E-state index contributed by atoms with van der Waals surface area (Å²) in [5.74, 6) is 6.51. The van der Waals surface area contributed by atoms with E-state index in [2.05, 4.69) is 20.5 Å². The number of hydrogen-bond donors (Lipinski definition) is 2. The molecule has 0 amide bonds. The van der Waals surface area contributed by atoms with Crippen molar-refractivity contribution in [1.82, 2.24) is 19.7 Å². The van der Waals surface area contributed by atoms with Crippen molar-refractivity contribution in [2.45, 2.75) is 0 Å². The van der Waals surface area contributed by atoms with Crippen LogP contribution in [0.15, 0.2) is 42.7 Å². The van der Waals surface area contributed by atoms with Gasteiger partial charge in [-0.1, -0.05) is 23.7 Å². The van der Waals surface area contributed by atoms with Crippen molar-refractivity contribution in [3.05, 3.63) is 47.7 Å². The largest absolute Gasteiger partial charge is 0.308 e. The maximum Gasteiger partial charge on any atom is 0.163 e. The zero-order valence-corrected chi connectivity index (χ0v) is 12.0. The van der Waals surface area contributed by atoms with E-state index in [-0.39, 0.29) is 0 Å². The molecule has 3 N–H and O–H groups in total. The minimum absolute atomic E-state index is 0.509. The van der Waals surface area contributed by atoms with Crippen LogP contribution in [0.1, 0.15) is 0 Å². The van der Waals surface area contributed by atoms with Crippen LogP contribution in [-0.4, -0.2) is 19.7 Å². The predicted octanol–water partition coefficient (Wildman–Crippen LogP) is 2.48. The third kappa shape index (κ3) is 2.72. The second kappa shape index (κ2) is 5.51. The first-order chi connectivity index (χ1) is 10.2. The van der Waals surface area contributed by atoms with Gasteiger partial charge in [-0.25, -0.2) is 15.8 Å². The molecule has 0 saturated carbocycles. The van der Waals surface area contributed by atoms with E-state index in [9.17, 15) is 0 Å². The first-order valence-corrected chi connectivity index (χ1v) is 6.65. The van der Waals surface area contributed by atoms with Crippen LogP contribution in [-0.2, 0) is 7.05 Å². The van der Waals surface area contributed by atoms with Gasteiger partial charge in [0, 0.05) is 30.4 Å². The maximum atomic E-state index is 6.21. The second-order valence-corrected chi connectivity index (χ2v) is 4.90. The van der Waals surface area contributed by atoms with Gasteiger partial charge in [0.2, 0.25) is 0 Å². The fourth-order valence-electron chi connectivity index (χ4n) is 1.99. The molecule has 0 aliphatic carbocycles. The van der Waals surface area contributed by atoms with Crippen LogP contribution in [0.5, 0.6) is 0 Å². The lowest BCUT2D eigenvalue weighted by atomic mass is 10.2. The van der Waals surface area contributed by atoms with Gasteiger partial charge in [-0.05, 0) is 12.1 Å². The van der Waals surface area contributed by atoms with Crippen LogP contribution >= 0.6 is 11.6 Å². The minimum atomic E-state index is 0.509. The van der Waals surface area contributed by atoms with Crippen molar-refractivity contribution in [1.29, 1.82) is 0 Å². The summed E-state index contributed by atoms with van der Waals surface area (Å²) < 4.78 is 1.71. The zero-order valence-electron chi connectivity index (χ0n) is 11.3. The number of anilines is 1. The van der Waals surface area contributed by atoms with Crippen molar-refractivity contribution in [3.8, 4) is 22.6 Å². The highest BCUT2D eigenvalue weighted by Gasteiger charge is 2.11. The smallest absolute Gasteiger partial charge is 0.163 e. The van der Waals surface area contributed by atoms with Crippen molar-refractivity contribution in [3.63, 3.8) is 0 Å². The number of nitrogens with two attached hydrogens (primary N) is 1. The first-order valence-electron chi connectivity index (χ1n) is 6.27. The van der Waals surface area contributed by atoms with E-state index in [4.69, 9.17) is 17.4 Å². The molecule has 1 aromatic carbocycles. The van der Waals surface area contributed by atoms with E-state index in [0.29, 0.717) is 16.7 Å². The standard InChI is InChI=1S/C14H13ClN6/c1-21-8-9(7-17-21)12-6-13(20-16)19-14(18-12)10-4-2-3-5-11(10)15/h2-8H,16H2,1H3,(H,18,19,20). The molecule has 0 saturated heterocycles. The van der Waals surface area contributed by atoms with Gasteiger partial charge < -0.3 is 5.43 Å². The molecule has 3 aromatic rings. The Labute approximate surface area is 126 Å². The lowest BCUT2D eigenvalue weighted by Crippen LogP contribution is -2.10. The van der Waals surface area contributed by atoms with Gasteiger partial charge in [0.05, 0.1) is 16.9 Å². The number of hydrazine groups is 1. The van der Waals surface area contributed by atoms with Gasteiger partial charge in [-0.2, -0.15) is 5.10 Å². The molecule has 0 spiro atoms. The maximum absolute atomic E-state index is 6.21. The van der Waals surface area contributed by atoms with Crippen LogP contribution in [0.3, 0.4) is 0 Å². The summed E-state index contributed by atoms with van der Waals surface area (Å²) in [6.07, 6.45) is 3.61. The SMILES string of the molecule is Cn1cc(-c2cc(NN)nc(-c3ccccc3Cl)n2)cn1. The molecular formula is C14H13ClN6. The number of nitrogens with zero attached hydrogens (tertiary/aromatic N) is 4. The van der Waals surface area contributed by atoms with Crippen molar-refractivity contribution in [2.24, 2.45) is 12.9 Å². The molecule has 3 rings (SSSR count). The number of nitrogens with one attached hydrogen (secondary N) is 1. The highest BCUT2D eigenvalue weighted by molar-refractivity contribution is 6.33. The van der Waals surface area contributed by atoms with Gasteiger partial charge in [-0.3, -0.25) is 4.68 Å². The Morgan fingerprint density at radius 3 is 2.71 bits per heavy atom. The van der Waals surface area contributed by atoms with E-state index in [1.54, 1.807) is 23.0 Å². The third-order valence-corrected chi connectivity index (χ3v) is 3.32. The number of nitrogen functional groups attached to an aromatic ring is 1. The summed E-state index contributed by atoms with van der Waals surface area (Å²) in [6, 6.07) is 9.17. The number of aromatic nitrogens is 4. The van der Waals surface area contributed by atoms with Crippen molar-refractivity contribution in [2.75, 3.05) is 5.43 Å². The van der Waals surface area contributed by atoms with Crippen LogP contribution in [0.2, 0.25) is 5.02 Å². The van der Waals surface area contributed by atoms with E-state index in [1.807, 2.05) is 31.4 Å². The molecule has 7 heteroatoms. The van der Waals surface area contributed by atoms with E-state index in [0.717, 1.165) is 16.8 Å². The Morgan fingerprint density at radius 1 is 1.24 bits per heavy atom. The van der Waals surface area contributed by atoms with E-state index in [1.165, 1.54) is 0 Å². The number of halogens is 1. The van der Waals surface area contributed by atoms with Crippen molar-refractivity contribution >= 4 is 17.4 Å². The summed E-state index contributed by atoms with van der Waals surface area (Å²) >= 11 is 6.21. The average molecular weight is 301 g/mol. The highest BCUT2D eigenvalue weighted by atomic mass is 35.5. The van der Waals surface area contributed by atoms with E-state index < -0.39 is 0 Å². The summed E-state index contributed by atoms with van der Waals surface area (Å²) in [4.78, 5) is 8.91. The molecule has 0 aliphatic rings. The topological polar surface area (TPSA) is 81.7 Å². The molecule has 21 heavy (non-hydrogen) atoms. The Hall–Kier alpha value is -2.44. The molecule has 2 aromatic heterocycles. The van der Waals surface area contributed by atoms with Crippen molar-refractivity contribution < 1.29 is 0 Å². The monoisotopic (exact) mass is 300 g/mol. The lowest BCUT2D eigenvalue weighted by Gasteiger charge is -2.08. The summed E-state index contributed by atoms with van der Waals surface area (Å²) in [7, 11) is 1.85. The Kier molecular flexibility index (Phi) is 3.55. The molecule has 2 heterocycles. The second-order valence-electron chi connectivity index (χ2n) is 4.49. The predicted molar refractivity (Wildman–Crippen MR) is 82.5 cm³/mol. The summed E-state index contributed by atoms with van der Waals surface area (Å²) in [5, 5.41) is 4.73. The minimum Gasteiger partial charge on any atom is -0.308 e. The Morgan fingerprint density at radius 2 is 2.05 bits per heavy atom. The molecule has 0 radical (unpaired) electrons. The Balaban J connectivity index is 2.16. The molecule has 0 aliphatic heterocycles. The van der Waals surface area contributed by atoms with Crippen LogP contribution in [0.25, 0.3) is 22.6 Å². The highest BCUT2D eigenvalue weighted by Crippen LogP contribution is 2.28. The quantitative estimate of drug-likeness (QED) is 0.573. The molecule has 0 fully saturated rings. The number of aryl methyl sites for hydroxylation is 1. The number of hydrogen-bond acceptors (Lipinski definition) is 5. The molecule has 106 valence electrons. The van der Waals surface area contributed by atoms with Gasteiger partial charge in [0.15, 0.2) is 5.82 Å². The molecule has 0 unspecified atom stereocenters.